The van der Waals surface area contributed by atoms with Gasteiger partial charge in [-0.2, -0.15) is 0 Å². The van der Waals surface area contributed by atoms with Crippen molar-refractivity contribution in [3.63, 3.8) is 0 Å². The Morgan fingerprint density at radius 1 is 1.10 bits per heavy atom. The first-order valence-electron chi connectivity index (χ1n) is 12.4. The van der Waals surface area contributed by atoms with Crippen LogP contribution in [-0.4, -0.2) is 68.0 Å². The van der Waals surface area contributed by atoms with E-state index in [0.29, 0.717) is 24.2 Å². The van der Waals surface area contributed by atoms with Crippen LogP contribution in [0.4, 0.5) is 0 Å². The standard InChI is InChI=1S/C25H40N4O2/c1-2-26-25(27-13-6-14-31-24-11-15-30-16-12-24)28-21-17-22-9-10-23(18-21)29(22)19-20-7-4-3-5-8-20/h3-5,7-8,21-24H,2,6,9-19H2,1H3,(H2,26,27,28). The zero-order chi connectivity index (χ0) is 21.3. The Morgan fingerprint density at radius 3 is 2.55 bits per heavy atom. The molecule has 0 saturated carbocycles. The van der Waals surface area contributed by atoms with Crippen LogP contribution in [0.5, 0.6) is 0 Å². The molecule has 6 nitrogen and oxygen atoms in total. The lowest BCUT2D eigenvalue weighted by molar-refractivity contribution is -0.0318. The Morgan fingerprint density at radius 2 is 1.84 bits per heavy atom. The molecule has 2 N–H and O–H groups in total. The normalized spacial score (nSPS) is 27.4. The molecule has 4 rings (SSSR count). The second-order valence-corrected chi connectivity index (χ2v) is 9.15. The Bertz CT molecular complexity index is 663. The van der Waals surface area contributed by atoms with Crippen LogP contribution >= 0.6 is 0 Å². The van der Waals surface area contributed by atoms with E-state index in [9.17, 15) is 0 Å². The number of piperidine rings is 1. The van der Waals surface area contributed by atoms with Crippen molar-refractivity contribution >= 4 is 5.96 Å². The van der Waals surface area contributed by atoms with Gasteiger partial charge in [0.2, 0.25) is 0 Å². The molecule has 0 aliphatic carbocycles. The van der Waals surface area contributed by atoms with Crippen LogP contribution in [0, 0.1) is 0 Å². The van der Waals surface area contributed by atoms with Gasteiger partial charge in [-0.15, -0.1) is 0 Å². The van der Waals surface area contributed by atoms with Gasteiger partial charge >= 0.3 is 0 Å². The summed E-state index contributed by atoms with van der Waals surface area (Å²) >= 11 is 0. The molecule has 6 heteroatoms. The van der Waals surface area contributed by atoms with Crippen molar-refractivity contribution in [3.8, 4) is 0 Å². The summed E-state index contributed by atoms with van der Waals surface area (Å²) < 4.78 is 11.4. The molecule has 3 heterocycles. The Balaban J connectivity index is 1.21. The highest BCUT2D eigenvalue weighted by Crippen LogP contribution is 2.36. The highest BCUT2D eigenvalue weighted by Gasteiger charge is 2.40. The van der Waals surface area contributed by atoms with Gasteiger partial charge in [-0.3, -0.25) is 9.89 Å². The molecular weight excluding hydrogens is 388 g/mol. The molecule has 0 spiro atoms. The average molecular weight is 429 g/mol. The average Bonchev–Trinajstić information content (AvgIpc) is 3.02. The first-order chi connectivity index (χ1) is 15.3. The zero-order valence-electron chi connectivity index (χ0n) is 19.1. The number of fused-ring (bicyclic) bond motifs is 2. The predicted octanol–water partition coefficient (Wildman–Crippen LogP) is 3.32. The van der Waals surface area contributed by atoms with E-state index < -0.39 is 0 Å². The van der Waals surface area contributed by atoms with Crippen molar-refractivity contribution in [2.75, 3.05) is 32.9 Å². The van der Waals surface area contributed by atoms with Crippen molar-refractivity contribution in [2.24, 2.45) is 4.99 Å². The Kier molecular flexibility index (Phi) is 8.62. The summed E-state index contributed by atoms with van der Waals surface area (Å²) in [5.41, 5.74) is 1.43. The molecule has 0 amide bonds. The first kappa shape index (κ1) is 22.6. The minimum Gasteiger partial charge on any atom is -0.381 e. The summed E-state index contributed by atoms with van der Waals surface area (Å²) in [7, 11) is 0. The number of nitrogens with zero attached hydrogens (tertiary/aromatic N) is 2. The molecule has 3 fully saturated rings. The van der Waals surface area contributed by atoms with Crippen LogP contribution in [0.3, 0.4) is 0 Å². The van der Waals surface area contributed by atoms with Crippen molar-refractivity contribution in [2.45, 2.75) is 82.6 Å². The molecule has 31 heavy (non-hydrogen) atoms. The number of hydrogen-bond acceptors (Lipinski definition) is 4. The number of guanidine groups is 1. The van der Waals surface area contributed by atoms with Gasteiger partial charge in [0, 0.05) is 57.6 Å². The third-order valence-corrected chi connectivity index (χ3v) is 6.87. The molecule has 2 unspecified atom stereocenters. The molecule has 3 aliphatic rings. The summed E-state index contributed by atoms with van der Waals surface area (Å²) in [6.07, 6.45) is 8.47. The van der Waals surface area contributed by atoms with E-state index in [2.05, 4.69) is 52.8 Å². The fourth-order valence-corrected chi connectivity index (χ4v) is 5.31. The molecule has 3 aliphatic heterocycles. The van der Waals surface area contributed by atoms with Crippen molar-refractivity contribution < 1.29 is 9.47 Å². The Labute approximate surface area is 187 Å². The fraction of sp³-hybridized carbons (Fsp3) is 0.720. The van der Waals surface area contributed by atoms with E-state index in [1.807, 2.05) is 0 Å². The third kappa shape index (κ3) is 6.67. The van der Waals surface area contributed by atoms with Crippen LogP contribution in [-0.2, 0) is 16.0 Å². The van der Waals surface area contributed by atoms with Crippen LogP contribution in [0.1, 0.15) is 57.4 Å². The van der Waals surface area contributed by atoms with Crippen LogP contribution in [0.2, 0.25) is 0 Å². The number of rotatable bonds is 9. The zero-order valence-corrected chi connectivity index (χ0v) is 19.1. The molecule has 3 saturated heterocycles. The summed E-state index contributed by atoms with van der Waals surface area (Å²) in [5, 5.41) is 7.18. The van der Waals surface area contributed by atoms with Gasteiger partial charge in [0.15, 0.2) is 5.96 Å². The monoisotopic (exact) mass is 428 g/mol. The van der Waals surface area contributed by atoms with Gasteiger partial charge in [-0.05, 0) is 57.4 Å². The van der Waals surface area contributed by atoms with Crippen LogP contribution < -0.4 is 10.6 Å². The second kappa shape index (κ2) is 11.8. The SMILES string of the molecule is CCNC(=NCCCOC1CCOCC1)NC1CC2CCC(C1)N2Cc1ccccc1. The van der Waals surface area contributed by atoms with Gasteiger partial charge in [-0.25, -0.2) is 0 Å². The van der Waals surface area contributed by atoms with E-state index in [4.69, 9.17) is 14.5 Å². The van der Waals surface area contributed by atoms with E-state index in [1.165, 1.54) is 31.2 Å². The van der Waals surface area contributed by atoms with E-state index in [-0.39, 0.29) is 0 Å². The topological polar surface area (TPSA) is 58.1 Å². The van der Waals surface area contributed by atoms with E-state index >= 15 is 0 Å². The van der Waals surface area contributed by atoms with Gasteiger partial charge in [0.05, 0.1) is 6.10 Å². The third-order valence-electron chi connectivity index (χ3n) is 6.87. The minimum atomic E-state index is 0.376. The number of hydrogen-bond donors (Lipinski definition) is 2. The minimum absolute atomic E-state index is 0.376. The number of ether oxygens (including phenoxy) is 2. The number of aliphatic imine (C=N–C) groups is 1. The molecule has 172 valence electrons. The van der Waals surface area contributed by atoms with Crippen molar-refractivity contribution in [1.29, 1.82) is 0 Å². The molecule has 1 aromatic carbocycles. The second-order valence-electron chi connectivity index (χ2n) is 9.15. The number of benzene rings is 1. The van der Waals surface area contributed by atoms with Crippen LogP contribution in [0.15, 0.2) is 35.3 Å². The predicted molar refractivity (Wildman–Crippen MR) is 125 cm³/mol. The van der Waals surface area contributed by atoms with Crippen LogP contribution in [0.25, 0.3) is 0 Å². The summed E-state index contributed by atoms with van der Waals surface area (Å²) in [5.74, 6) is 0.967. The summed E-state index contributed by atoms with van der Waals surface area (Å²) in [6.45, 7) is 7.38. The van der Waals surface area contributed by atoms with E-state index in [0.717, 1.165) is 64.7 Å². The fourth-order valence-electron chi connectivity index (χ4n) is 5.31. The molecule has 0 aromatic heterocycles. The van der Waals surface area contributed by atoms with Gasteiger partial charge in [-0.1, -0.05) is 30.3 Å². The summed E-state index contributed by atoms with van der Waals surface area (Å²) in [4.78, 5) is 7.56. The molecule has 2 atom stereocenters. The maximum absolute atomic E-state index is 5.98. The molecule has 0 radical (unpaired) electrons. The van der Waals surface area contributed by atoms with Gasteiger partial charge < -0.3 is 20.1 Å². The smallest absolute Gasteiger partial charge is 0.191 e. The maximum Gasteiger partial charge on any atom is 0.191 e. The lowest BCUT2D eigenvalue weighted by Crippen LogP contribution is -2.52. The Hall–Kier alpha value is -1.63. The van der Waals surface area contributed by atoms with E-state index in [1.54, 1.807) is 0 Å². The lowest BCUT2D eigenvalue weighted by atomic mass is 9.96. The molecule has 1 aromatic rings. The quantitative estimate of drug-likeness (QED) is 0.359. The molecule has 2 bridgehead atoms. The lowest BCUT2D eigenvalue weighted by Gasteiger charge is -2.39. The first-order valence-corrected chi connectivity index (χ1v) is 12.4. The number of nitrogens with one attached hydrogen (secondary N) is 2. The highest BCUT2D eigenvalue weighted by molar-refractivity contribution is 5.80. The molecular formula is C25H40N4O2. The summed E-state index contributed by atoms with van der Waals surface area (Å²) in [6, 6.07) is 12.8. The largest absolute Gasteiger partial charge is 0.381 e. The van der Waals surface area contributed by atoms with Crippen molar-refractivity contribution in [1.82, 2.24) is 15.5 Å². The van der Waals surface area contributed by atoms with Crippen molar-refractivity contribution in [3.05, 3.63) is 35.9 Å². The highest BCUT2D eigenvalue weighted by atomic mass is 16.5. The van der Waals surface area contributed by atoms with Gasteiger partial charge in [0.1, 0.15) is 0 Å². The van der Waals surface area contributed by atoms with Gasteiger partial charge in [0.25, 0.3) is 0 Å². The maximum atomic E-state index is 5.98.